The molecule has 0 saturated carbocycles. The van der Waals surface area contributed by atoms with Gasteiger partial charge in [-0.05, 0) is 35.3 Å². The Labute approximate surface area is 91.3 Å². The van der Waals surface area contributed by atoms with Crippen LogP contribution >= 0.6 is 15.9 Å². The van der Waals surface area contributed by atoms with E-state index in [4.69, 9.17) is 0 Å². The summed E-state index contributed by atoms with van der Waals surface area (Å²) in [5, 5.41) is 5.43. The molecule has 0 radical (unpaired) electrons. The molecule has 0 N–H and O–H groups in total. The van der Waals surface area contributed by atoms with Gasteiger partial charge in [0.2, 0.25) is 0 Å². The summed E-state index contributed by atoms with van der Waals surface area (Å²) in [5.74, 6) is 0. The van der Waals surface area contributed by atoms with Crippen molar-refractivity contribution >= 4 is 27.0 Å². The van der Waals surface area contributed by atoms with E-state index in [0.717, 1.165) is 21.9 Å². The molecule has 2 aromatic rings. The van der Waals surface area contributed by atoms with Crippen molar-refractivity contribution in [3.63, 3.8) is 0 Å². The van der Waals surface area contributed by atoms with E-state index < -0.39 is 0 Å². The maximum Gasteiger partial charge on any atom is 0.159 e. The van der Waals surface area contributed by atoms with Crippen LogP contribution in [-0.2, 0) is 0 Å². The summed E-state index contributed by atoms with van der Waals surface area (Å²) in [7, 11) is 0. The van der Waals surface area contributed by atoms with Crippen molar-refractivity contribution in [1.29, 1.82) is 0 Å². The second kappa shape index (κ2) is 3.69. The maximum absolute atomic E-state index is 4.35. The second-order valence-electron chi connectivity index (χ2n) is 3.38. The van der Waals surface area contributed by atoms with Gasteiger partial charge in [-0.3, -0.25) is 0 Å². The van der Waals surface area contributed by atoms with E-state index in [1.54, 1.807) is 6.20 Å². The van der Waals surface area contributed by atoms with Gasteiger partial charge in [0, 0.05) is 10.7 Å². The van der Waals surface area contributed by atoms with Gasteiger partial charge in [0.05, 0.1) is 17.6 Å². The molecule has 4 heteroatoms. The van der Waals surface area contributed by atoms with Gasteiger partial charge in [0.1, 0.15) is 0 Å². The zero-order valence-electron chi connectivity index (χ0n) is 8.24. The molecule has 74 valence electrons. The summed E-state index contributed by atoms with van der Waals surface area (Å²) in [5.41, 5.74) is 0.953. The second-order valence-corrected chi connectivity index (χ2v) is 4.23. The standard InChI is InChI=1S/C10H12BrN3/c1-3-7(2)14-10-8(6-13-14)9(11)4-5-12-10/h4-7H,3H2,1-2H3. The van der Waals surface area contributed by atoms with Crippen LogP contribution in [0.3, 0.4) is 0 Å². The topological polar surface area (TPSA) is 30.7 Å². The zero-order chi connectivity index (χ0) is 10.1. The van der Waals surface area contributed by atoms with Crippen LogP contribution in [0.25, 0.3) is 11.0 Å². The van der Waals surface area contributed by atoms with Crippen LogP contribution in [0.15, 0.2) is 22.9 Å². The Morgan fingerprint density at radius 1 is 1.57 bits per heavy atom. The van der Waals surface area contributed by atoms with Gasteiger partial charge in [-0.1, -0.05) is 6.92 Å². The highest BCUT2D eigenvalue weighted by Crippen LogP contribution is 2.23. The smallest absolute Gasteiger partial charge is 0.159 e. The van der Waals surface area contributed by atoms with Gasteiger partial charge < -0.3 is 0 Å². The van der Waals surface area contributed by atoms with Crippen molar-refractivity contribution in [2.45, 2.75) is 26.3 Å². The van der Waals surface area contributed by atoms with E-state index in [-0.39, 0.29) is 0 Å². The molecule has 0 saturated heterocycles. The number of nitrogens with zero attached hydrogens (tertiary/aromatic N) is 3. The highest BCUT2D eigenvalue weighted by atomic mass is 79.9. The number of aromatic nitrogens is 3. The van der Waals surface area contributed by atoms with Crippen molar-refractivity contribution in [2.75, 3.05) is 0 Å². The van der Waals surface area contributed by atoms with Crippen LogP contribution in [0.2, 0.25) is 0 Å². The molecule has 0 aliphatic rings. The SMILES string of the molecule is CCC(C)n1ncc2c(Br)ccnc21. The largest absolute Gasteiger partial charge is 0.244 e. The highest BCUT2D eigenvalue weighted by molar-refractivity contribution is 9.10. The molecule has 2 rings (SSSR count). The fourth-order valence-electron chi connectivity index (χ4n) is 1.41. The Hall–Kier alpha value is -0.900. The highest BCUT2D eigenvalue weighted by Gasteiger charge is 2.10. The molecule has 1 atom stereocenters. The van der Waals surface area contributed by atoms with Crippen molar-refractivity contribution in [3.05, 3.63) is 22.9 Å². The van der Waals surface area contributed by atoms with E-state index >= 15 is 0 Å². The summed E-state index contributed by atoms with van der Waals surface area (Å²) in [6.45, 7) is 4.30. The van der Waals surface area contributed by atoms with E-state index in [0.29, 0.717) is 6.04 Å². The third-order valence-corrected chi connectivity index (χ3v) is 3.14. The normalized spacial score (nSPS) is 13.4. The molecule has 2 heterocycles. The number of rotatable bonds is 2. The van der Waals surface area contributed by atoms with Crippen LogP contribution in [0.5, 0.6) is 0 Å². The molecule has 3 nitrogen and oxygen atoms in total. The summed E-state index contributed by atoms with van der Waals surface area (Å²) in [4.78, 5) is 4.34. The first-order valence-corrected chi connectivity index (χ1v) is 5.51. The average molecular weight is 254 g/mol. The molecule has 0 aliphatic carbocycles. The molecule has 0 amide bonds. The van der Waals surface area contributed by atoms with Crippen LogP contribution in [0.1, 0.15) is 26.3 Å². The molecular formula is C10H12BrN3. The Bertz CT molecular complexity index is 450. The molecule has 1 unspecified atom stereocenters. The van der Waals surface area contributed by atoms with E-state index in [1.807, 2.05) is 16.9 Å². The van der Waals surface area contributed by atoms with E-state index in [9.17, 15) is 0 Å². The first kappa shape index (κ1) is 9.65. The first-order chi connectivity index (χ1) is 6.74. The minimum absolute atomic E-state index is 0.397. The fourth-order valence-corrected chi connectivity index (χ4v) is 1.81. The summed E-state index contributed by atoms with van der Waals surface area (Å²) >= 11 is 3.49. The Kier molecular flexibility index (Phi) is 2.54. The minimum atomic E-state index is 0.397. The minimum Gasteiger partial charge on any atom is -0.244 e. The number of pyridine rings is 1. The average Bonchev–Trinajstić information content (AvgIpc) is 2.62. The predicted molar refractivity (Wildman–Crippen MR) is 60.2 cm³/mol. The fraction of sp³-hybridized carbons (Fsp3) is 0.400. The molecule has 2 aromatic heterocycles. The van der Waals surface area contributed by atoms with Gasteiger partial charge in [0.15, 0.2) is 5.65 Å². The lowest BCUT2D eigenvalue weighted by molar-refractivity contribution is 0.490. The van der Waals surface area contributed by atoms with Gasteiger partial charge in [-0.25, -0.2) is 9.67 Å². The van der Waals surface area contributed by atoms with Gasteiger partial charge in [-0.2, -0.15) is 5.10 Å². The summed E-state index contributed by atoms with van der Waals surface area (Å²) in [6, 6.07) is 2.33. The van der Waals surface area contributed by atoms with Gasteiger partial charge in [0.25, 0.3) is 0 Å². The Balaban J connectivity index is 2.63. The van der Waals surface area contributed by atoms with Gasteiger partial charge >= 0.3 is 0 Å². The van der Waals surface area contributed by atoms with Crippen molar-refractivity contribution < 1.29 is 0 Å². The predicted octanol–water partition coefficient (Wildman–Crippen LogP) is 3.16. The van der Waals surface area contributed by atoms with E-state index in [2.05, 4.69) is 39.9 Å². The maximum atomic E-state index is 4.35. The number of hydrogen-bond acceptors (Lipinski definition) is 2. The molecule has 14 heavy (non-hydrogen) atoms. The molecule has 0 fully saturated rings. The number of hydrogen-bond donors (Lipinski definition) is 0. The van der Waals surface area contributed by atoms with Crippen molar-refractivity contribution in [2.24, 2.45) is 0 Å². The third-order valence-electron chi connectivity index (χ3n) is 2.45. The zero-order valence-corrected chi connectivity index (χ0v) is 9.82. The summed E-state index contributed by atoms with van der Waals surface area (Å²) < 4.78 is 3.03. The monoisotopic (exact) mass is 253 g/mol. The first-order valence-electron chi connectivity index (χ1n) is 4.71. The third kappa shape index (κ3) is 1.43. The van der Waals surface area contributed by atoms with E-state index in [1.165, 1.54) is 0 Å². The van der Waals surface area contributed by atoms with Crippen LogP contribution in [0, 0.1) is 0 Å². The summed E-state index contributed by atoms with van der Waals surface area (Å²) in [6.07, 6.45) is 4.72. The Morgan fingerprint density at radius 2 is 2.36 bits per heavy atom. The lowest BCUT2D eigenvalue weighted by atomic mass is 10.2. The van der Waals surface area contributed by atoms with Gasteiger partial charge in [-0.15, -0.1) is 0 Å². The van der Waals surface area contributed by atoms with Crippen molar-refractivity contribution in [1.82, 2.24) is 14.8 Å². The Morgan fingerprint density at radius 3 is 3.07 bits per heavy atom. The molecule has 0 aliphatic heterocycles. The lowest BCUT2D eigenvalue weighted by Gasteiger charge is -2.09. The van der Waals surface area contributed by atoms with Crippen LogP contribution in [-0.4, -0.2) is 14.8 Å². The molecule has 0 aromatic carbocycles. The number of fused-ring (bicyclic) bond motifs is 1. The molecular weight excluding hydrogens is 242 g/mol. The van der Waals surface area contributed by atoms with Crippen LogP contribution < -0.4 is 0 Å². The molecule has 0 spiro atoms. The van der Waals surface area contributed by atoms with Crippen LogP contribution in [0.4, 0.5) is 0 Å². The lowest BCUT2D eigenvalue weighted by Crippen LogP contribution is -2.05. The molecule has 0 bridgehead atoms. The van der Waals surface area contributed by atoms with Crippen molar-refractivity contribution in [3.8, 4) is 0 Å². The quantitative estimate of drug-likeness (QED) is 0.824. The number of halogens is 1.